The van der Waals surface area contributed by atoms with Gasteiger partial charge in [0.25, 0.3) is 0 Å². The van der Waals surface area contributed by atoms with Crippen molar-refractivity contribution >= 4 is 5.97 Å². The lowest BCUT2D eigenvalue weighted by atomic mass is 10.1. The molecule has 11 heavy (non-hydrogen) atoms. The summed E-state index contributed by atoms with van der Waals surface area (Å²) < 4.78 is 10.1. The molecule has 0 bridgehead atoms. The van der Waals surface area contributed by atoms with Crippen molar-refractivity contribution in [3.05, 3.63) is 12.2 Å². The maximum Gasteiger partial charge on any atom is 0.336 e. The average molecular weight is 156 g/mol. The molecule has 0 aromatic carbocycles. The lowest BCUT2D eigenvalue weighted by Crippen LogP contribution is -2.22. The summed E-state index contributed by atoms with van der Waals surface area (Å²) in [5, 5.41) is 0. The fourth-order valence-corrected chi connectivity index (χ4v) is 1.12. The van der Waals surface area contributed by atoms with Crippen LogP contribution in [0.25, 0.3) is 0 Å². The first-order chi connectivity index (χ1) is 5.16. The Bertz CT molecular complexity index is 186. The summed E-state index contributed by atoms with van der Waals surface area (Å²) in [6, 6.07) is 0. The van der Waals surface area contributed by atoms with Gasteiger partial charge in [0.2, 0.25) is 0 Å². The van der Waals surface area contributed by atoms with Crippen LogP contribution in [0.4, 0.5) is 0 Å². The van der Waals surface area contributed by atoms with Gasteiger partial charge in [-0.3, -0.25) is 0 Å². The molecule has 1 unspecified atom stereocenters. The Morgan fingerprint density at radius 1 is 1.73 bits per heavy atom. The van der Waals surface area contributed by atoms with Crippen molar-refractivity contribution in [1.29, 1.82) is 0 Å². The van der Waals surface area contributed by atoms with Crippen LogP contribution in [0, 0.1) is 0 Å². The van der Waals surface area contributed by atoms with E-state index in [1.165, 1.54) is 0 Å². The van der Waals surface area contributed by atoms with Gasteiger partial charge in [-0.15, -0.1) is 0 Å². The van der Waals surface area contributed by atoms with Gasteiger partial charge >= 0.3 is 5.97 Å². The molecule has 1 fully saturated rings. The van der Waals surface area contributed by atoms with Gasteiger partial charge in [-0.1, -0.05) is 6.58 Å². The first-order valence-corrected chi connectivity index (χ1v) is 3.68. The van der Waals surface area contributed by atoms with E-state index in [4.69, 9.17) is 9.47 Å². The van der Waals surface area contributed by atoms with Crippen LogP contribution in [0.2, 0.25) is 0 Å². The molecule has 1 aliphatic heterocycles. The second-order valence-electron chi connectivity index (χ2n) is 2.51. The molecule has 0 N–H and O–H groups in total. The number of hydrogen-bond donors (Lipinski definition) is 0. The van der Waals surface area contributed by atoms with E-state index < -0.39 is 0 Å². The highest BCUT2D eigenvalue weighted by atomic mass is 16.6. The van der Waals surface area contributed by atoms with E-state index in [1.807, 2.05) is 6.92 Å². The summed E-state index contributed by atoms with van der Waals surface area (Å²) in [6.07, 6.45) is -0.428. The van der Waals surface area contributed by atoms with E-state index in [0.29, 0.717) is 12.2 Å². The molecule has 0 saturated carbocycles. The largest absolute Gasteiger partial charge is 0.456 e. The smallest absolute Gasteiger partial charge is 0.336 e. The molecule has 62 valence electrons. The Kier molecular flexibility index (Phi) is 2.29. The van der Waals surface area contributed by atoms with Crippen LogP contribution in [0.1, 0.15) is 13.8 Å². The molecule has 1 aliphatic rings. The van der Waals surface area contributed by atoms with Crippen molar-refractivity contribution < 1.29 is 14.3 Å². The predicted molar refractivity (Wildman–Crippen MR) is 40.1 cm³/mol. The van der Waals surface area contributed by atoms with E-state index in [9.17, 15) is 4.79 Å². The minimum atomic E-state index is -0.337. The molecule has 1 heterocycles. The zero-order valence-corrected chi connectivity index (χ0v) is 6.79. The molecule has 0 aliphatic carbocycles. The Balaban J connectivity index is 2.64. The fourth-order valence-electron chi connectivity index (χ4n) is 1.12. The van der Waals surface area contributed by atoms with Gasteiger partial charge in [-0.05, 0) is 13.8 Å². The molecule has 2 atom stereocenters. The monoisotopic (exact) mass is 156 g/mol. The normalized spacial score (nSPS) is 30.7. The maximum atomic E-state index is 10.9. The summed E-state index contributed by atoms with van der Waals surface area (Å²) in [6.45, 7) is 7.84. The summed E-state index contributed by atoms with van der Waals surface area (Å²) >= 11 is 0. The quantitative estimate of drug-likeness (QED) is 0.440. The average Bonchev–Trinajstić information content (AvgIpc) is 2.17. The van der Waals surface area contributed by atoms with Gasteiger partial charge in [-0.25, -0.2) is 4.79 Å². The third-order valence-corrected chi connectivity index (χ3v) is 1.67. The van der Waals surface area contributed by atoms with E-state index >= 15 is 0 Å². The summed E-state index contributed by atoms with van der Waals surface area (Å²) in [5.74, 6) is -0.337. The van der Waals surface area contributed by atoms with Crippen LogP contribution in [-0.4, -0.2) is 24.8 Å². The Morgan fingerprint density at radius 3 is 2.73 bits per heavy atom. The van der Waals surface area contributed by atoms with Gasteiger partial charge in [0, 0.05) is 6.61 Å². The molecule has 0 aromatic heterocycles. The maximum absolute atomic E-state index is 10.9. The van der Waals surface area contributed by atoms with Crippen molar-refractivity contribution in [2.45, 2.75) is 26.1 Å². The van der Waals surface area contributed by atoms with E-state index in [2.05, 4.69) is 6.58 Å². The molecule has 1 rings (SSSR count). The molecule has 1 saturated heterocycles. The van der Waals surface area contributed by atoms with Gasteiger partial charge in [0.1, 0.15) is 12.2 Å². The Morgan fingerprint density at radius 2 is 2.36 bits per heavy atom. The van der Waals surface area contributed by atoms with Crippen molar-refractivity contribution in [3.8, 4) is 0 Å². The Labute approximate surface area is 66.0 Å². The molecule has 0 aromatic rings. The van der Waals surface area contributed by atoms with Gasteiger partial charge in [0.15, 0.2) is 0 Å². The number of ether oxygens (including phenoxy) is 2. The van der Waals surface area contributed by atoms with Crippen molar-refractivity contribution in [1.82, 2.24) is 0 Å². The highest BCUT2D eigenvalue weighted by Crippen LogP contribution is 2.21. The van der Waals surface area contributed by atoms with Gasteiger partial charge < -0.3 is 9.47 Å². The zero-order chi connectivity index (χ0) is 8.43. The third-order valence-electron chi connectivity index (χ3n) is 1.67. The van der Waals surface area contributed by atoms with Gasteiger partial charge in [-0.2, -0.15) is 0 Å². The molecule has 0 radical (unpaired) electrons. The third kappa shape index (κ3) is 1.43. The highest BCUT2D eigenvalue weighted by Gasteiger charge is 2.35. The predicted octanol–water partition coefficient (Wildman–Crippen LogP) is 0.893. The number of esters is 1. The highest BCUT2D eigenvalue weighted by molar-refractivity contribution is 5.91. The summed E-state index contributed by atoms with van der Waals surface area (Å²) in [7, 11) is 0. The minimum Gasteiger partial charge on any atom is -0.456 e. The zero-order valence-electron chi connectivity index (χ0n) is 6.79. The van der Waals surface area contributed by atoms with E-state index in [-0.39, 0.29) is 18.2 Å². The number of carbonyl (C=O) groups is 1. The van der Waals surface area contributed by atoms with Crippen LogP contribution in [-0.2, 0) is 14.3 Å². The van der Waals surface area contributed by atoms with E-state index in [1.54, 1.807) is 6.92 Å². The molecular formula is C8H12O3. The van der Waals surface area contributed by atoms with Crippen molar-refractivity contribution in [2.75, 3.05) is 6.61 Å². The summed E-state index contributed by atoms with van der Waals surface area (Å²) in [4.78, 5) is 10.9. The number of rotatable bonds is 2. The molecule has 0 amide bonds. The Hall–Kier alpha value is -0.830. The van der Waals surface area contributed by atoms with Crippen LogP contribution in [0.15, 0.2) is 12.2 Å². The fraction of sp³-hybridized carbons (Fsp3) is 0.625. The SMILES string of the molecule is C=C1C(=O)O[C@@H](C)C1OCC. The summed E-state index contributed by atoms with van der Waals surface area (Å²) in [5.41, 5.74) is 0.430. The number of carbonyl (C=O) groups excluding carboxylic acids is 1. The topological polar surface area (TPSA) is 35.5 Å². The second kappa shape index (κ2) is 3.05. The molecular weight excluding hydrogens is 144 g/mol. The first kappa shape index (κ1) is 8.27. The van der Waals surface area contributed by atoms with Gasteiger partial charge in [0.05, 0.1) is 5.57 Å². The van der Waals surface area contributed by atoms with Crippen LogP contribution in [0.3, 0.4) is 0 Å². The second-order valence-corrected chi connectivity index (χ2v) is 2.51. The van der Waals surface area contributed by atoms with E-state index in [0.717, 1.165) is 0 Å². The van der Waals surface area contributed by atoms with Crippen LogP contribution in [0.5, 0.6) is 0 Å². The lowest BCUT2D eigenvalue weighted by molar-refractivity contribution is -0.139. The van der Waals surface area contributed by atoms with Crippen LogP contribution >= 0.6 is 0 Å². The number of cyclic esters (lactones) is 1. The van der Waals surface area contributed by atoms with Crippen molar-refractivity contribution in [3.63, 3.8) is 0 Å². The first-order valence-electron chi connectivity index (χ1n) is 3.68. The molecule has 3 nitrogen and oxygen atoms in total. The minimum absolute atomic E-state index is 0.185. The molecule has 3 heteroatoms. The molecule has 0 spiro atoms. The standard InChI is InChI=1S/C8H12O3/c1-4-10-7-5(2)8(9)11-6(7)3/h6-7H,2,4H2,1,3H3/t6-,7?/m0/s1. The number of hydrogen-bond acceptors (Lipinski definition) is 3. The lowest BCUT2D eigenvalue weighted by Gasteiger charge is -2.12. The van der Waals surface area contributed by atoms with Crippen LogP contribution < -0.4 is 0 Å². The van der Waals surface area contributed by atoms with Crippen molar-refractivity contribution in [2.24, 2.45) is 0 Å².